The van der Waals surface area contributed by atoms with E-state index in [4.69, 9.17) is 15.7 Å². The molecule has 0 radical (unpaired) electrons. The second kappa shape index (κ2) is 16.2. The minimum absolute atomic E-state index is 0.0639. The van der Waals surface area contributed by atoms with Gasteiger partial charge in [-0.15, -0.1) is 0 Å². The molecule has 2 heterocycles. The third kappa shape index (κ3) is 7.60. The van der Waals surface area contributed by atoms with Gasteiger partial charge in [-0.3, -0.25) is 4.98 Å². The van der Waals surface area contributed by atoms with Crippen molar-refractivity contribution in [1.82, 2.24) is 15.0 Å². The summed E-state index contributed by atoms with van der Waals surface area (Å²) in [6.45, 7) is 2.14. The molecule has 0 fully saturated rings. The number of allylic oxidation sites excluding steroid dienone is 2. The van der Waals surface area contributed by atoms with Gasteiger partial charge in [0, 0.05) is 40.4 Å². The van der Waals surface area contributed by atoms with Crippen molar-refractivity contribution in [2.24, 2.45) is 5.73 Å². The maximum atomic E-state index is 6.60. The number of nitrogens with zero attached hydrogens (tertiary/aromatic N) is 3. The van der Waals surface area contributed by atoms with E-state index < -0.39 is 0 Å². The Labute approximate surface area is 335 Å². The van der Waals surface area contributed by atoms with Crippen LogP contribution in [0.3, 0.4) is 0 Å². The van der Waals surface area contributed by atoms with Gasteiger partial charge in [-0.1, -0.05) is 159 Å². The molecule has 0 bridgehead atoms. The van der Waals surface area contributed by atoms with Crippen LogP contribution in [0.4, 0.5) is 0 Å². The SMILES string of the molecule is CC/C=C\CC(N)c1ccc(-c2cc(-c3ccc(-c4ccccn4)cc3)nc(-c3cc(-c4cccc5ccccc45)cc(C4CC=Cc5ccccc54)c3)n2)cc1. The number of pyridine rings is 1. The van der Waals surface area contributed by atoms with Gasteiger partial charge in [-0.05, 0) is 93.7 Å². The quantitative estimate of drug-likeness (QED) is 0.142. The van der Waals surface area contributed by atoms with Gasteiger partial charge in [0.1, 0.15) is 0 Å². The number of aromatic nitrogens is 3. The van der Waals surface area contributed by atoms with E-state index in [0.29, 0.717) is 5.82 Å². The summed E-state index contributed by atoms with van der Waals surface area (Å²) in [5, 5.41) is 2.44. The Hall–Kier alpha value is -6.75. The molecule has 0 aliphatic heterocycles. The van der Waals surface area contributed by atoms with Crippen LogP contribution in [0, 0.1) is 0 Å². The first-order chi connectivity index (χ1) is 28.1. The second-order valence-corrected chi connectivity index (χ2v) is 14.8. The Morgan fingerprint density at radius 2 is 1.32 bits per heavy atom. The molecule has 1 aliphatic rings. The highest BCUT2D eigenvalue weighted by Crippen LogP contribution is 2.40. The van der Waals surface area contributed by atoms with E-state index in [1.807, 2.05) is 24.4 Å². The Morgan fingerprint density at radius 1 is 0.632 bits per heavy atom. The molecule has 0 spiro atoms. The maximum Gasteiger partial charge on any atom is 0.160 e. The smallest absolute Gasteiger partial charge is 0.160 e. The van der Waals surface area contributed by atoms with Gasteiger partial charge in [0.05, 0.1) is 17.1 Å². The number of hydrogen-bond donors (Lipinski definition) is 1. The predicted molar refractivity (Wildman–Crippen MR) is 237 cm³/mol. The first-order valence-electron chi connectivity index (χ1n) is 19.9. The van der Waals surface area contributed by atoms with Gasteiger partial charge in [0.15, 0.2) is 5.82 Å². The topological polar surface area (TPSA) is 64.7 Å². The zero-order chi connectivity index (χ0) is 38.6. The average Bonchev–Trinajstić information content (AvgIpc) is 3.28. The second-order valence-electron chi connectivity index (χ2n) is 14.8. The van der Waals surface area contributed by atoms with E-state index in [1.54, 1.807) is 0 Å². The Balaban J connectivity index is 1.21. The fourth-order valence-corrected chi connectivity index (χ4v) is 8.03. The molecule has 9 rings (SSSR count). The summed E-state index contributed by atoms with van der Waals surface area (Å²) >= 11 is 0. The van der Waals surface area contributed by atoms with E-state index in [0.717, 1.165) is 69.7 Å². The summed E-state index contributed by atoms with van der Waals surface area (Å²) in [7, 11) is 0. The maximum absolute atomic E-state index is 6.60. The fourth-order valence-electron chi connectivity index (χ4n) is 8.03. The van der Waals surface area contributed by atoms with Gasteiger partial charge >= 0.3 is 0 Å². The van der Waals surface area contributed by atoms with Crippen molar-refractivity contribution in [2.75, 3.05) is 0 Å². The van der Waals surface area contributed by atoms with E-state index >= 15 is 0 Å². The number of fused-ring (bicyclic) bond motifs is 2. The monoisotopic (exact) mass is 736 g/mol. The van der Waals surface area contributed by atoms with Crippen LogP contribution in [0.5, 0.6) is 0 Å². The molecule has 0 saturated carbocycles. The summed E-state index contributed by atoms with van der Waals surface area (Å²) < 4.78 is 0. The molecule has 57 heavy (non-hydrogen) atoms. The summed E-state index contributed by atoms with van der Waals surface area (Å²) in [4.78, 5) is 15.3. The molecule has 4 heteroatoms. The van der Waals surface area contributed by atoms with Crippen LogP contribution in [0.25, 0.3) is 73.1 Å². The molecular weight excluding hydrogens is 693 g/mol. The molecule has 8 aromatic rings. The van der Waals surface area contributed by atoms with Crippen molar-refractivity contribution >= 4 is 16.8 Å². The van der Waals surface area contributed by atoms with E-state index in [9.17, 15) is 0 Å². The summed E-state index contributed by atoms with van der Waals surface area (Å²) in [6.07, 6.45) is 13.5. The molecule has 1 aliphatic carbocycles. The third-order valence-corrected chi connectivity index (χ3v) is 11.1. The number of rotatable bonds is 10. The van der Waals surface area contributed by atoms with Crippen molar-refractivity contribution < 1.29 is 0 Å². The predicted octanol–water partition coefficient (Wildman–Crippen LogP) is 13.3. The molecule has 2 aromatic heterocycles. The van der Waals surface area contributed by atoms with Crippen LogP contribution in [0.1, 0.15) is 60.4 Å². The van der Waals surface area contributed by atoms with Gasteiger partial charge in [-0.25, -0.2) is 9.97 Å². The molecule has 2 N–H and O–H groups in total. The van der Waals surface area contributed by atoms with E-state index in [1.165, 1.54) is 33.0 Å². The molecule has 0 saturated heterocycles. The lowest BCUT2D eigenvalue weighted by Crippen LogP contribution is -2.08. The van der Waals surface area contributed by atoms with Crippen LogP contribution >= 0.6 is 0 Å². The molecule has 276 valence electrons. The Kier molecular flexibility index (Phi) is 10.2. The Bertz CT molecular complexity index is 2720. The standard InChI is InChI=1S/C53H44N4/c1-2-3-4-21-49(54)38-23-25-40(26-24-38)51-35-52(41-29-27-39(28-30-41)50-22-9-10-31-55-50)57-53(56-51)44-33-42(47-19-11-15-36-13-5-7-17-45(36)47)32-43(34-44)48-20-12-16-37-14-6-8-18-46(37)48/h3-19,22-35,48-49H,2,20-21,54H2,1H3/b4-3-. The highest BCUT2D eigenvalue weighted by Gasteiger charge is 2.22. The van der Waals surface area contributed by atoms with Gasteiger partial charge < -0.3 is 5.73 Å². The minimum atomic E-state index is -0.0639. The molecular formula is C53H44N4. The van der Waals surface area contributed by atoms with Crippen LogP contribution in [-0.4, -0.2) is 15.0 Å². The molecule has 0 amide bonds. The largest absolute Gasteiger partial charge is 0.324 e. The van der Waals surface area contributed by atoms with Crippen molar-refractivity contribution in [3.63, 3.8) is 0 Å². The normalized spacial score (nSPS) is 14.2. The fraction of sp³-hybridized carbons (Fsp3) is 0.113. The third-order valence-electron chi connectivity index (χ3n) is 11.1. The van der Waals surface area contributed by atoms with Crippen LogP contribution in [0.2, 0.25) is 0 Å². The first-order valence-corrected chi connectivity index (χ1v) is 19.9. The Morgan fingerprint density at radius 3 is 2.09 bits per heavy atom. The van der Waals surface area contributed by atoms with Crippen LogP contribution in [-0.2, 0) is 0 Å². The molecule has 6 aromatic carbocycles. The lowest BCUT2D eigenvalue weighted by Gasteiger charge is -2.24. The van der Waals surface area contributed by atoms with Gasteiger partial charge in [0.25, 0.3) is 0 Å². The van der Waals surface area contributed by atoms with Crippen molar-refractivity contribution in [2.45, 2.75) is 38.1 Å². The number of benzene rings is 6. The lowest BCUT2D eigenvalue weighted by molar-refractivity contribution is 0.739. The van der Waals surface area contributed by atoms with E-state index in [2.05, 4.69) is 176 Å². The van der Waals surface area contributed by atoms with Crippen molar-refractivity contribution in [1.29, 1.82) is 0 Å². The molecule has 2 atom stereocenters. The molecule has 2 unspecified atom stereocenters. The zero-order valence-corrected chi connectivity index (χ0v) is 32.1. The zero-order valence-electron chi connectivity index (χ0n) is 32.1. The van der Waals surface area contributed by atoms with Crippen molar-refractivity contribution in [3.8, 4) is 56.3 Å². The van der Waals surface area contributed by atoms with E-state index in [-0.39, 0.29) is 12.0 Å². The number of nitrogens with two attached hydrogens (primary N) is 1. The highest BCUT2D eigenvalue weighted by atomic mass is 14.9. The molecule has 4 nitrogen and oxygen atoms in total. The van der Waals surface area contributed by atoms with Gasteiger partial charge in [0.2, 0.25) is 0 Å². The summed E-state index contributed by atoms with van der Waals surface area (Å²) in [5.74, 6) is 0.885. The van der Waals surface area contributed by atoms with Crippen molar-refractivity contribution in [3.05, 3.63) is 204 Å². The van der Waals surface area contributed by atoms with Gasteiger partial charge in [-0.2, -0.15) is 0 Å². The van der Waals surface area contributed by atoms with Crippen LogP contribution in [0.15, 0.2) is 182 Å². The number of hydrogen-bond acceptors (Lipinski definition) is 4. The lowest BCUT2D eigenvalue weighted by atomic mass is 9.80. The van der Waals surface area contributed by atoms with Crippen LogP contribution < -0.4 is 5.73 Å². The average molecular weight is 737 g/mol. The summed E-state index contributed by atoms with van der Waals surface area (Å²) in [5.41, 5.74) is 20.6. The summed E-state index contributed by atoms with van der Waals surface area (Å²) in [6, 6.07) is 56.0. The minimum Gasteiger partial charge on any atom is -0.324 e. The highest BCUT2D eigenvalue weighted by molar-refractivity contribution is 5.97. The first kappa shape index (κ1) is 35.9.